The summed E-state index contributed by atoms with van der Waals surface area (Å²) in [6.07, 6.45) is 3.78. The monoisotopic (exact) mass is 351 g/mol. The number of carbonyl (C=O) groups excluding carboxylic acids is 2. The van der Waals surface area contributed by atoms with Crippen molar-refractivity contribution in [3.8, 4) is 0 Å². The number of hydrogen-bond donors (Lipinski definition) is 1. The molecule has 0 saturated carbocycles. The highest BCUT2D eigenvalue weighted by Crippen LogP contribution is 2.26. The van der Waals surface area contributed by atoms with Crippen LogP contribution in [0.15, 0.2) is 24.3 Å². The van der Waals surface area contributed by atoms with Gasteiger partial charge in [-0.3, -0.25) is 14.6 Å². The Morgan fingerprint density at radius 3 is 2.92 bits per heavy atom. The molecule has 2 atom stereocenters. The largest absolute Gasteiger partial charge is 0.351 e. The molecule has 3 heterocycles. The summed E-state index contributed by atoms with van der Waals surface area (Å²) in [4.78, 5) is 32.2. The van der Waals surface area contributed by atoms with Crippen LogP contribution in [0.5, 0.6) is 0 Å². The summed E-state index contributed by atoms with van der Waals surface area (Å²) in [7, 11) is 0. The molecule has 0 radical (unpaired) electrons. The Kier molecular flexibility index (Phi) is 4.39. The van der Waals surface area contributed by atoms with E-state index in [9.17, 15) is 9.59 Å². The summed E-state index contributed by atoms with van der Waals surface area (Å²) in [6.45, 7) is 5.14. The lowest BCUT2D eigenvalue weighted by Gasteiger charge is -2.28. The molecule has 136 valence electrons. The number of nitrogens with one attached hydrogen (secondary N) is 1. The number of rotatable bonds is 2. The van der Waals surface area contributed by atoms with Gasteiger partial charge in [-0.05, 0) is 49.9 Å². The number of aryl methyl sites for hydroxylation is 2. The molecule has 0 spiro atoms. The summed E-state index contributed by atoms with van der Waals surface area (Å²) >= 11 is 0. The van der Waals surface area contributed by atoms with E-state index < -0.39 is 0 Å². The molecule has 1 aromatic heterocycles. The van der Waals surface area contributed by atoms with Gasteiger partial charge in [-0.25, -0.2) is 0 Å². The third-order valence-corrected chi connectivity index (χ3v) is 5.63. The second kappa shape index (κ2) is 6.71. The van der Waals surface area contributed by atoms with Crippen molar-refractivity contribution >= 4 is 22.7 Å². The van der Waals surface area contributed by atoms with E-state index in [4.69, 9.17) is 0 Å². The maximum Gasteiger partial charge on any atom is 0.254 e. The van der Waals surface area contributed by atoms with Gasteiger partial charge in [0, 0.05) is 30.2 Å². The fraction of sp³-hybridized carbons (Fsp3) is 0.476. The molecule has 26 heavy (non-hydrogen) atoms. The SMILES string of the molecule is CCc1ccc2nc(C)cc(C(=O)N3C[C@@H]4CCC[C@H](C3)C(=O)N4)c2c1. The number of likely N-dealkylation sites (tertiary alicyclic amines) is 1. The average Bonchev–Trinajstić information content (AvgIpc) is 2.88. The molecule has 0 aliphatic carbocycles. The molecular weight excluding hydrogens is 326 g/mol. The highest BCUT2D eigenvalue weighted by molar-refractivity contribution is 6.06. The molecule has 2 bridgehead atoms. The molecule has 2 aliphatic heterocycles. The quantitative estimate of drug-likeness (QED) is 0.905. The number of hydrogen-bond acceptors (Lipinski definition) is 3. The standard InChI is InChI=1S/C21H25N3O2/c1-3-14-7-8-19-17(10-14)18(9-13(2)22-19)21(26)24-11-15-5-4-6-16(12-24)23-20(15)25/h7-10,15-16H,3-6,11-12H2,1-2H3,(H,23,25)/t15-,16+/m1/s1. The van der Waals surface area contributed by atoms with Crippen molar-refractivity contribution in [1.29, 1.82) is 0 Å². The van der Waals surface area contributed by atoms with Crippen LogP contribution in [0.3, 0.4) is 0 Å². The maximum absolute atomic E-state index is 13.4. The molecule has 5 nitrogen and oxygen atoms in total. The molecule has 1 N–H and O–H groups in total. The second-order valence-corrected chi connectivity index (χ2v) is 7.56. The molecule has 0 unspecified atom stereocenters. The van der Waals surface area contributed by atoms with Crippen LogP contribution in [0.25, 0.3) is 10.9 Å². The lowest BCUT2D eigenvalue weighted by Crippen LogP contribution is -2.41. The third-order valence-electron chi connectivity index (χ3n) is 5.63. The number of nitrogens with zero attached hydrogens (tertiary/aromatic N) is 2. The molecule has 2 aromatic rings. The molecule has 2 aliphatic rings. The van der Waals surface area contributed by atoms with Crippen LogP contribution in [0, 0.1) is 12.8 Å². The Hall–Kier alpha value is -2.43. The third kappa shape index (κ3) is 3.06. The van der Waals surface area contributed by atoms with Crippen molar-refractivity contribution in [2.75, 3.05) is 13.1 Å². The fourth-order valence-electron chi connectivity index (χ4n) is 4.19. The predicted molar refractivity (Wildman–Crippen MR) is 101 cm³/mol. The van der Waals surface area contributed by atoms with Crippen molar-refractivity contribution in [2.45, 2.75) is 45.6 Å². The number of fused-ring (bicyclic) bond motifs is 4. The number of carbonyl (C=O) groups is 2. The van der Waals surface area contributed by atoms with Gasteiger partial charge < -0.3 is 10.2 Å². The summed E-state index contributed by atoms with van der Waals surface area (Å²) in [5.41, 5.74) is 3.60. The summed E-state index contributed by atoms with van der Waals surface area (Å²) in [6, 6.07) is 8.11. The zero-order valence-electron chi connectivity index (χ0n) is 15.4. The van der Waals surface area contributed by atoms with Crippen molar-refractivity contribution in [1.82, 2.24) is 15.2 Å². The average molecular weight is 351 g/mol. The Morgan fingerprint density at radius 2 is 2.12 bits per heavy atom. The van der Waals surface area contributed by atoms with E-state index in [2.05, 4.69) is 29.4 Å². The molecule has 1 aromatic carbocycles. The van der Waals surface area contributed by atoms with Gasteiger partial charge in [-0.1, -0.05) is 19.4 Å². The van der Waals surface area contributed by atoms with E-state index in [1.807, 2.05) is 24.0 Å². The van der Waals surface area contributed by atoms with E-state index in [0.29, 0.717) is 18.7 Å². The van der Waals surface area contributed by atoms with Gasteiger partial charge in [0.15, 0.2) is 0 Å². The van der Waals surface area contributed by atoms with E-state index in [0.717, 1.165) is 42.3 Å². The predicted octanol–water partition coefficient (Wildman–Crippen LogP) is 2.85. The number of benzene rings is 1. The van der Waals surface area contributed by atoms with Gasteiger partial charge in [0.2, 0.25) is 5.91 Å². The summed E-state index contributed by atoms with van der Waals surface area (Å²) in [5, 5.41) is 4.01. The highest BCUT2D eigenvalue weighted by atomic mass is 16.2. The van der Waals surface area contributed by atoms with Gasteiger partial charge >= 0.3 is 0 Å². The van der Waals surface area contributed by atoms with Crippen molar-refractivity contribution in [3.63, 3.8) is 0 Å². The van der Waals surface area contributed by atoms with E-state index in [1.165, 1.54) is 5.56 Å². The fourth-order valence-corrected chi connectivity index (χ4v) is 4.19. The Morgan fingerprint density at radius 1 is 1.27 bits per heavy atom. The van der Waals surface area contributed by atoms with Crippen LogP contribution in [0.2, 0.25) is 0 Å². The first-order chi connectivity index (χ1) is 12.5. The van der Waals surface area contributed by atoms with Gasteiger partial charge in [0.05, 0.1) is 17.0 Å². The minimum absolute atomic E-state index is 0.0159. The minimum atomic E-state index is -0.0909. The maximum atomic E-state index is 13.4. The van der Waals surface area contributed by atoms with E-state index in [-0.39, 0.29) is 23.8 Å². The van der Waals surface area contributed by atoms with Crippen molar-refractivity contribution < 1.29 is 9.59 Å². The first kappa shape index (κ1) is 17.0. The topological polar surface area (TPSA) is 62.3 Å². The zero-order chi connectivity index (χ0) is 18.3. The van der Waals surface area contributed by atoms with Crippen LogP contribution in [-0.2, 0) is 11.2 Å². The lowest BCUT2D eigenvalue weighted by atomic mass is 9.97. The molecular formula is C21H25N3O2. The second-order valence-electron chi connectivity index (χ2n) is 7.56. The highest BCUT2D eigenvalue weighted by Gasteiger charge is 2.35. The summed E-state index contributed by atoms with van der Waals surface area (Å²) in [5.74, 6) is 0.0286. The Labute approximate surface area is 153 Å². The van der Waals surface area contributed by atoms with Gasteiger partial charge in [-0.2, -0.15) is 0 Å². The van der Waals surface area contributed by atoms with Crippen LogP contribution >= 0.6 is 0 Å². The van der Waals surface area contributed by atoms with Crippen LogP contribution in [-0.4, -0.2) is 40.8 Å². The van der Waals surface area contributed by atoms with Gasteiger partial charge in [-0.15, -0.1) is 0 Å². The first-order valence-electron chi connectivity index (χ1n) is 9.55. The number of amides is 2. The summed E-state index contributed by atoms with van der Waals surface area (Å²) < 4.78 is 0. The smallest absolute Gasteiger partial charge is 0.254 e. The van der Waals surface area contributed by atoms with Crippen LogP contribution in [0.4, 0.5) is 0 Å². The molecule has 2 saturated heterocycles. The lowest BCUT2D eigenvalue weighted by molar-refractivity contribution is -0.124. The normalized spacial score (nSPS) is 22.8. The molecule has 5 heteroatoms. The van der Waals surface area contributed by atoms with Crippen molar-refractivity contribution in [3.05, 3.63) is 41.1 Å². The zero-order valence-corrected chi connectivity index (χ0v) is 15.4. The Bertz CT molecular complexity index is 877. The van der Waals surface area contributed by atoms with Crippen molar-refractivity contribution in [2.24, 2.45) is 5.92 Å². The first-order valence-corrected chi connectivity index (χ1v) is 9.55. The molecule has 4 rings (SSSR count). The molecule has 2 amide bonds. The number of aromatic nitrogens is 1. The Balaban J connectivity index is 1.75. The van der Waals surface area contributed by atoms with Crippen LogP contribution < -0.4 is 5.32 Å². The molecule has 2 fully saturated rings. The minimum Gasteiger partial charge on any atom is -0.351 e. The van der Waals surface area contributed by atoms with Gasteiger partial charge in [0.25, 0.3) is 5.91 Å². The van der Waals surface area contributed by atoms with E-state index in [1.54, 1.807) is 0 Å². The van der Waals surface area contributed by atoms with E-state index >= 15 is 0 Å². The van der Waals surface area contributed by atoms with Crippen LogP contribution in [0.1, 0.15) is 47.8 Å². The van der Waals surface area contributed by atoms with Gasteiger partial charge in [0.1, 0.15) is 0 Å². The number of pyridine rings is 1.